The van der Waals surface area contributed by atoms with Crippen LogP contribution in [0.15, 0.2) is 23.3 Å². The highest BCUT2D eigenvalue weighted by atomic mass is 31.2. The van der Waals surface area contributed by atoms with Gasteiger partial charge in [-0.25, -0.2) is 0 Å². The van der Waals surface area contributed by atoms with Crippen molar-refractivity contribution in [2.45, 2.75) is 150 Å². The standard InChI is InChI=1S/C27H62O6P2Si4/c1-25(2)21-20-23-26(3)22-18-16-17-19-24-27(34(28,30-36(4,5)6)31-37(7,8)9)35(29,32-38(10,11)12)33-39(13,14)15/h21-22,27H,16-20,23-24H2,1-15H3/b26-22+. The third kappa shape index (κ3) is 19.5. The zero-order chi connectivity index (χ0) is 30.9. The second-order valence-corrected chi connectivity index (χ2v) is 38.5. The van der Waals surface area contributed by atoms with Crippen molar-refractivity contribution >= 4 is 48.5 Å². The van der Waals surface area contributed by atoms with Gasteiger partial charge in [0, 0.05) is 0 Å². The van der Waals surface area contributed by atoms with Crippen molar-refractivity contribution < 1.29 is 26.0 Å². The lowest BCUT2D eigenvalue weighted by Crippen LogP contribution is -2.37. The number of unbranched alkanes of at least 4 members (excludes halogenated alkanes) is 3. The van der Waals surface area contributed by atoms with Crippen molar-refractivity contribution in [1.29, 1.82) is 0 Å². The molecule has 0 aromatic carbocycles. The Kier molecular flexibility index (Phi) is 16.2. The van der Waals surface area contributed by atoms with Gasteiger partial charge in [-0.2, -0.15) is 0 Å². The number of rotatable bonds is 19. The van der Waals surface area contributed by atoms with Crippen LogP contribution in [-0.4, -0.2) is 38.7 Å². The molecule has 0 aliphatic rings. The Bertz CT molecular complexity index is 815. The summed E-state index contributed by atoms with van der Waals surface area (Å²) in [5.41, 5.74) is 2.78. The lowest BCUT2D eigenvalue weighted by molar-refractivity contribution is 0.345. The average molecular weight is 657 g/mol. The monoisotopic (exact) mass is 656 g/mol. The predicted molar refractivity (Wildman–Crippen MR) is 182 cm³/mol. The molecular weight excluding hydrogens is 595 g/mol. The van der Waals surface area contributed by atoms with Gasteiger partial charge in [0.25, 0.3) is 0 Å². The van der Waals surface area contributed by atoms with Gasteiger partial charge in [-0.3, -0.25) is 9.13 Å². The fraction of sp³-hybridized carbons (Fsp3) is 0.852. The van der Waals surface area contributed by atoms with Crippen LogP contribution in [0.4, 0.5) is 0 Å². The molecule has 0 heterocycles. The Morgan fingerprint density at radius 1 is 0.590 bits per heavy atom. The molecule has 232 valence electrons. The summed E-state index contributed by atoms with van der Waals surface area (Å²) < 4.78 is 55.2. The highest BCUT2D eigenvalue weighted by Gasteiger charge is 2.55. The Morgan fingerprint density at radius 2 is 0.974 bits per heavy atom. The van der Waals surface area contributed by atoms with Gasteiger partial charge in [-0.05, 0) is 131 Å². The van der Waals surface area contributed by atoms with E-state index in [1.54, 1.807) is 0 Å². The molecule has 0 saturated carbocycles. The molecule has 0 rings (SSSR count). The zero-order valence-electron chi connectivity index (χ0n) is 28.0. The highest BCUT2D eigenvalue weighted by Crippen LogP contribution is 2.74. The third-order valence-corrected chi connectivity index (χ3v) is 21.6. The Balaban J connectivity index is 6.12. The summed E-state index contributed by atoms with van der Waals surface area (Å²) in [6, 6.07) is 0. The van der Waals surface area contributed by atoms with Gasteiger partial charge >= 0.3 is 15.2 Å². The van der Waals surface area contributed by atoms with Crippen LogP contribution >= 0.6 is 15.2 Å². The van der Waals surface area contributed by atoms with E-state index in [0.29, 0.717) is 6.42 Å². The fourth-order valence-corrected chi connectivity index (χ4v) is 23.2. The van der Waals surface area contributed by atoms with Gasteiger partial charge in [0.15, 0.2) is 38.7 Å². The third-order valence-electron chi connectivity index (χ3n) is 5.08. The van der Waals surface area contributed by atoms with E-state index in [9.17, 15) is 9.13 Å². The van der Waals surface area contributed by atoms with Crippen molar-refractivity contribution in [3.63, 3.8) is 0 Å². The second kappa shape index (κ2) is 15.9. The van der Waals surface area contributed by atoms with E-state index < -0.39 is 53.9 Å². The first-order chi connectivity index (χ1) is 17.3. The summed E-state index contributed by atoms with van der Waals surface area (Å²) in [4.78, 5) is 0. The first-order valence-electron chi connectivity index (χ1n) is 14.6. The SMILES string of the molecule is CC(C)=CCC/C(C)=C/CCCCCC(P(=O)(O[Si](C)(C)C)O[Si](C)(C)C)P(=O)(O[Si](C)(C)C)O[Si](C)(C)C. The predicted octanol–water partition coefficient (Wildman–Crippen LogP) is 11.7. The molecule has 0 atom stereocenters. The van der Waals surface area contributed by atoms with Gasteiger partial charge in [0.2, 0.25) is 0 Å². The molecule has 12 heteroatoms. The van der Waals surface area contributed by atoms with Crippen molar-refractivity contribution in [3.05, 3.63) is 23.3 Å². The average Bonchev–Trinajstić information content (AvgIpc) is 2.60. The fourth-order valence-electron chi connectivity index (χ4n) is 3.98. The maximum Gasteiger partial charge on any atom is 0.326 e. The van der Waals surface area contributed by atoms with Crippen LogP contribution in [0.3, 0.4) is 0 Å². The number of hydrogen-bond donors (Lipinski definition) is 0. The maximum atomic E-state index is 14.8. The normalized spacial score (nSPS) is 14.7. The van der Waals surface area contributed by atoms with Crippen molar-refractivity contribution in [1.82, 2.24) is 0 Å². The topological polar surface area (TPSA) is 71.1 Å². The molecule has 0 aromatic heterocycles. The molecule has 0 N–H and O–H groups in total. The van der Waals surface area contributed by atoms with Crippen molar-refractivity contribution in [2.75, 3.05) is 0 Å². The summed E-state index contributed by atoms with van der Waals surface area (Å²) in [7, 11) is -17.0. The molecule has 0 radical (unpaired) electrons. The van der Waals surface area contributed by atoms with E-state index in [2.05, 4.69) is 32.9 Å². The zero-order valence-corrected chi connectivity index (χ0v) is 33.8. The van der Waals surface area contributed by atoms with Crippen LogP contribution in [0.25, 0.3) is 0 Å². The van der Waals surface area contributed by atoms with E-state index in [1.165, 1.54) is 11.1 Å². The van der Waals surface area contributed by atoms with Gasteiger partial charge < -0.3 is 16.9 Å². The van der Waals surface area contributed by atoms with Crippen LogP contribution < -0.4 is 0 Å². The molecule has 0 aliphatic heterocycles. The van der Waals surface area contributed by atoms with E-state index >= 15 is 0 Å². The molecule has 0 aliphatic carbocycles. The van der Waals surface area contributed by atoms with Gasteiger partial charge in [0.05, 0.1) is 0 Å². The number of allylic oxidation sites excluding steroid dienone is 4. The van der Waals surface area contributed by atoms with Crippen LogP contribution in [0.1, 0.15) is 65.7 Å². The van der Waals surface area contributed by atoms with Gasteiger partial charge in [0.1, 0.15) is 0 Å². The van der Waals surface area contributed by atoms with Crippen molar-refractivity contribution in [2.24, 2.45) is 0 Å². The van der Waals surface area contributed by atoms with Gasteiger partial charge in [-0.1, -0.05) is 36.1 Å². The Hall–Kier alpha value is 0.648. The minimum Gasteiger partial charge on any atom is -0.351 e. The van der Waals surface area contributed by atoms with E-state index in [1.807, 2.05) is 78.6 Å². The molecule has 0 fully saturated rings. The van der Waals surface area contributed by atoms with Crippen LogP contribution in [0, 0.1) is 0 Å². The van der Waals surface area contributed by atoms with Crippen molar-refractivity contribution in [3.8, 4) is 0 Å². The highest BCUT2D eigenvalue weighted by molar-refractivity contribution is 7.75. The van der Waals surface area contributed by atoms with Crippen LogP contribution in [0.2, 0.25) is 78.6 Å². The minimum absolute atomic E-state index is 0.432. The first-order valence-corrected chi connectivity index (χ1v) is 31.4. The lowest BCUT2D eigenvalue weighted by atomic mass is 10.1. The summed E-state index contributed by atoms with van der Waals surface area (Å²) in [5.74, 6) is 0. The first kappa shape index (κ1) is 39.6. The molecule has 0 saturated heterocycles. The molecule has 0 aromatic rings. The molecular formula is C27H62O6P2Si4. The molecule has 0 spiro atoms. The van der Waals surface area contributed by atoms with Crippen LogP contribution in [-0.2, 0) is 26.0 Å². The Morgan fingerprint density at radius 3 is 1.31 bits per heavy atom. The molecule has 0 unspecified atom stereocenters. The summed E-state index contributed by atoms with van der Waals surface area (Å²) in [5, 5.41) is -0.914. The maximum absolute atomic E-state index is 14.8. The summed E-state index contributed by atoms with van der Waals surface area (Å²) >= 11 is 0. The molecule has 0 bridgehead atoms. The van der Waals surface area contributed by atoms with E-state index in [0.717, 1.165) is 38.5 Å². The smallest absolute Gasteiger partial charge is 0.326 e. The lowest BCUT2D eigenvalue weighted by Gasteiger charge is -2.41. The Labute approximate surface area is 246 Å². The van der Waals surface area contributed by atoms with Crippen LogP contribution in [0.5, 0.6) is 0 Å². The molecule has 6 nitrogen and oxygen atoms in total. The largest absolute Gasteiger partial charge is 0.351 e. The second-order valence-electron chi connectivity index (χ2n) is 14.9. The molecule has 39 heavy (non-hydrogen) atoms. The quantitative estimate of drug-likeness (QED) is 0.0596. The minimum atomic E-state index is -3.82. The van der Waals surface area contributed by atoms with E-state index in [-0.39, 0.29) is 0 Å². The molecule has 0 amide bonds. The number of hydrogen-bond acceptors (Lipinski definition) is 6. The van der Waals surface area contributed by atoms with Gasteiger partial charge in [-0.15, -0.1) is 0 Å². The van der Waals surface area contributed by atoms with E-state index in [4.69, 9.17) is 16.9 Å². The summed E-state index contributed by atoms with van der Waals surface area (Å²) in [6.45, 7) is 30.5. The summed E-state index contributed by atoms with van der Waals surface area (Å²) in [6.07, 6.45) is 10.9.